The summed E-state index contributed by atoms with van der Waals surface area (Å²) in [6, 6.07) is 6.44. The Kier molecular flexibility index (Phi) is 5.21. The summed E-state index contributed by atoms with van der Waals surface area (Å²) in [5.41, 5.74) is 0.921. The number of piperidine rings is 1. The standard InChI is InChI=1S/C18H27NO3/c1-2-15-6-3-4-9-19(15)13-16(20)14-7-8-17-18(12-14)22-11-5-10-21-17/h7-8,12,15-16,20H,2-6,9-11,13H2,1H3. The van der Waals surface area contributed by atoms with Crippen LogP contribution < -0.4 is 9.47 Å². The largest absolute Gasteiger partial charge is 0.490 e. The Labute approximate surface area is 133 Å². The lowest BCUT2D eigenvalue weighted by Crippen LogP contribution is -2.41. The lowest BCUT2D eigenvalue weighted by atomic mass is 9.98. The van der Waals surface area contributed by atoms with Gasteiger partial charge in [0.05, 0.1) is 19.3 Å². The molecule has 0 spiro atoms. The number of β-amino-alcohol motifs (C(OH)–C–C–N with tert-alkyl or cyclic N) is 1. The van der Waals surface area contributed by atoms with Gasteiger partial charge in [-0.1, -0.05) is 19.4 Å². The molecule has 3 rings (SSSR count). The van der Waals surface area contributed by atoms with Gasteiger partial charge in [-0.05, 0) is 43.5 Å². The summed E-state index contributed by atoms with van der Waals surface area (Å²) >= 11 is 0. The number of aliphatic hydroxyl groups excluding tert-OH is 1. The van der Waals surface area contributed by atoms with Crippen molar-refractivity contribution in [2.24, 2.45) is 0 Å². The van der Waals surface area contributed by atoms with Gasteiger partial charge in [-0.15, -0.1) is 0 Å². The second-order valence-corrected chi connectivity index (χ2v) is 6.33. The van der Waals surface area contributed by atoms with Gasteiger partial charge in [0, 0.05) is 19.0 Å². The third kappa shape index (κ3) is 3.55. The molecule has 1 aromatic carbocycles. The Morgan fingerprint density at radius 3 is 2.82 bits per heavy atom. The number of nitrogens with zero attached hydrogens (tertiary/aromatic N) is 1. The molecule has 0 radical (unpaired) electrons. The SMILES string of the molecule is CCC1CCCCN1CC(O)c1ccc2c(c1)OCCCO2. The van der Waals surface area contributed by atoms with Gasteiger partial charge < -0.3 is 14.6 Å². The molecule has 2 heterocycles. The van der Waals surface area contributed by atoms with Gasteiger partial charge >= 0.3 is 0 Å². The van der Waals surface area contributed by atoms with Crippen molar-refractivity contribution < 1.29 is 14.6 Å². The molecule has 1 fully saturated rings. The highest BCUT2D eigenvalue weighted by atomic mass is 16.5. The molecule has 1 N–H and O–H groups in total. The number of rotatable bonds is 4. The molecule has 122 valence electrons. The van der Waals surface area contributed by atoms with Crippen LogP contribution in [0.15, 0.2) is 18.2 Å². The van der Waals surface area contributed by atoms with Crippen molar-refractivity contribution in [2.45, 2.75) is 51.2 Å². The van der Waals surface area contributed by atoms with E-state index in [0.717, 1.165) is 36.4 Å². The third-order valence-corrected chi connectivity index (χ3v) is 4.78. The van der Waals surface area contributed by atoms with Crippen molar-refractivity contribution in [3.8, 4) is 11.5 Å². The van der Waals surface area contributed by atoms with E-state index in [9.17, 15) is 5.11 Å². The van der Waals surface area contributed by atoms with Crippen LogP contribution in [0.1, 0.15) is 50.7 Å². The van der Waals surface area contributed by atoms with Gasteiger partial charge in [0.15, 0.2) is 11.5 Å². The van der Waals surface area contributed by atoms with E-state index in [1.165, 1.54) is 19.3 Å². The number of fused-ring (bicyclic) bond motifs is 1. The molecule has 0 bridgehead atoms. The zero-order valence-corrected chi connectivity index (χ0v) is 13.5. The Morgan fingerprint density at radius 1 is 1.18 bits per heavy atom. The highest BCUT2D eigenvalue weighted by Crippen LogP contribution is 2.33. The molecule has 0 aromatic heterocycles. The molecule has 0 amide bonds. The second-order valence-electron chi connectivity index (χ2n) is 6.33. The maximum atomic E-state index is 10.6. The summed E-state index contributed by atoms with van der Waals surface area (Å²) < 4.78 is 11.4. The van der Waals surface area contributed by atoms with Crippen LogP contribution in [0.5, 0.6) is 11.5 Å². The maximum Gasteiger partial charge on any atom is 0.161 e. The summed E-state index contributed by atoms with van der Waals surface area (Å²) in [7, 11) is 0. The Balaban J connectivity index is 1.69. The van der Waals surface area contributed by atoms with E-state index in [0.29, 0.717) is 25.8 Å². The Bertz CT molecular complexity index is 491. The number of aliphatic hydroxyl groups is 1. The minimum absolute atomic E-state index is 0.468. The van der Waals surface area contributed by atoms with Crippen molar-refractivity contribution >= 4 is 0 Å². The first-order valence-electron chi connectivity index (χ1n) is 8.59. The summed E-state index contributed by atoms with van der Waals surface area (Å²) in [5.74, 6) is 1.55. The molecular formula is C18H27NO3. The van der Waals surface area contributed by atoms with Gasteiger partial charge in [-0.3, -0.25) is 4.90 Å². The first-order chi connectivity index (χ1) is 10.8. The van der Waals surface area contributed by atoms with Crippen LogP contribution in [0.4, 0.5) is 0 Å². The molecule has 1 saturated heterocycles. The summed E-state index contributed by atoms with van der Waals surface area (Å²) in [5, 5.41) is 10.6. The number of benzene rings is 1. The molecule has 0 aliphatic carbocycles. The smallest absolute Gasteiger partial charge is 0.161 e. The molecule has 2 unspecified atom stereocenters. The monoisotopic (exact) mass is 305 g/mol. The maximum absolute atomic E-state index is 10.6. The number of hydrogen-bond donors (Lipinski definition) is 1. The Morgan fingerprint density at radius 2 is 2.00 bits per heavy atom. The average molecular weight is 305 g/mol. The zero-order valence-electron chi connectivity index (χ0n) is 13.5. The van der Waals surface area contributed by atoms with Gasteiger partial charge in [0.2, 0.25) is 0 Å². The minimum atomic E-state index is -0.468. The summed E-state index contributed by atoms with van der Waals surface area (Å²) in [6.45, 7) is 5.42. The Hall–Kier alpha value is -1.26. The third-order valence-electron chi connectivity index (χ3n) is 4.78. The van der Waals surface area contributed by atoms with Gasteiger partial charge in [-0.2, -0.15) is 0 Å². The molecule has 2 atom stereocenters. The summed E-state index contributed by atoms with van der Waals surface area (Å²) in [4.78, 5) is 2.44. The fourth-order valence-corrected chi connectivity index (χ4v) is 3.48. The lowest BCUT2D eigenvalue weighted by Gasteiger charge is -2.36. The molecule has 2 aliphatic heterocycles. The molecular weight excluding hydrogens is 278 g/mol. The van der Waals surface area contributed by atoms with E-state index in [2.05, 4.69) is 11.8 Å². The van der Waals surface area contributed by atoms with Crippen molar-refractivity contribution in [3.63, 3.8) is 0 Å². The van der Waals surface area contributed by atoms with Crippen LogP contribution in [0.25, 0.3) is 0 Å². The van der Waals surface area contributed by atoms with Crippen molar-refractivity contribution in [3.05, 3.63) is 23.8 Å². The lowest BCUT2D eigenvalue weighted by molar-refractivity contribution is 0.0655. The highest BCUT2D eigenvalue weighted by Gasteiger charge is 2.24. The molecule has 22 heavy (non-hydrogen) atoms. The second kappa shape index (κ2) is 7.34. The van der Waals surface area contributed by atoms with Crippen LogP contribution in [0.2, 0.25) is 0 Å². The molecule has 4 nitrogen and oxygen atoms in total. The van der Waals surface area contributed by atoms with Crippen LogP contribution in [-0.2, 0) is 0 Å². The van der Waals surface area contributed by atoms with Gasteiger partial charge in [-0.25, -0.2) is 0 Å². The first kappa shape index (κ1) is 15.6. The number of hydrogen-bond acceptors (Lipinski definition) is 4. The minimum Gasteiger partial charge on any atom is -0.490 e. The number of ether oxygens (including phenoxy) is 2. The van der Waals surface area contributed by atoms with E-state index in [1.807, 2.05) is 18.2 Å². The van der Waals surface area contributed by atoms with Crippen LogP contribution >= 0.6 is 0 Å². The first-order valence-corrected chi connectivity index (χ1v) is 8.59. The summed E-state index contributed by atoms with van der Waals surface area (Å²) in [6.07, 6.45) is 5.40. The van der Waals surface area contributed by atoms with E-state index in [1.54, 1.807) is 0 Å². The fraction of sp³-hybridized carbons (Fsp3) is 0.667. The zero-order chi connectivity index (χ0) is 15.4. The predicted molar refractivity (Wildman–Crippen MR) is 86.5 cm³/mol. The van der Waals surface area contributed by atoms with Crippen LogP contribution in [-0.4, -0.2) is 42.4 Å². The van der Waals surface area contributed by atoms with E-state index < -0.39 is 6.10 Å². The van der Waals surface area contributed by atoms with Gasteiger partial charge in [0.25, 0.3) is 0 Å². The van der Waals surface area contributed by atoms with Gasteiger partial charge in [0.1, 0.15) is 0 Å². The molecule has 0 saturated carbocycles. The van der Waals surface area contributed by atoms with Crippen LogP contribution in [0, 0.1) is 0 Å². The van der Waals surface area contributed by atoms with E-state index in [4.69, 9.17) is 9.47 Å². The molecule has 2 aliphatic rings. The van der Waals surface area contributed by atoms with Crippen molar-refractivity contribution in [1.29, 1.82) is 0 Å². The van der Waals surface area contributed by atoms with E-state index in [-0.39, 0.29) is 0 Å². The van der Waals surface area contributed by atoms with Crippen molar-refractivity contribution in [1.82, 2.24) is 4.90 Å². The predicted octanol–water partition coefficient (Wildman–Crippen LogP) is 3.15. The topological polar surface area (TPSA) is 41.9 Å². The molecule has 4 heteroatoms. The average Bonchev–Trinajstić information content (AvgIpc) is 2.79. The van der Waals surface area contributed by atoms with Crippen LogP contribution in [0.3, 0.4) is 0 Å². The van der Waals surface area contributed by atoms with Crippen molar-refractivity contribution in [2.75, 3.05) is 26.3 Å². The fourth-order valence-electron chi connectivity index (χ4n) is 3.48. The van der Waals surface area contributed by atoms with E-state index >= 15 is 0 Å². The molecule has 1 aromatic rings. The quantitative estimate of drug-likeness (QED) is 0.928. The normalized spacial score (nSPS) is 23.8. The highest BCUT2D eigenvalue weighted by molar-refractivity contribution is 5.44. The number of likely N-dealkylation sites (tertiary alicyclic amines) is 1.